The Morgan fingerprint density at radius 3 is 2.40 bits per heavy atom. The molecular formula is C16H25NO3. The van der Waals surface area contributed by atoms with Crippen LogP contribution in [0.25, 0.3) is 0 Å². The molecule has 1 aliphatic heterocycles. The van der Waals surface area contributed by atoms with Crippen LogP contribution in [0.15, 0.2) is 24.3 Å². The van der Waals surface area contributed by atoms with E-state index < -0.39 is 0 Å². The van der Waals surface area contributed by atoms with Crippen LogP contribution in [0.3, 0.4) is 0 Å². The summed E-state index contributed by atoms with van der Waals surface area (Å²) in [4.78, 5) is 2.42. The molecule has 0 bridgehead atoms. The van der Waals surface area contributed by atoms with Crippen LogP contribution in [0.5, 0.6) is 11.5 Å². The average Bonchev–Trinajstić information content (AvgIpc) is 2.46. The van der Waals surface area contributed by atoms with Crippen molar-refractivity contribution in [1.29, 1.82) is 0 Å². The fourth-order valence-corrected chi connectivity index (χ4v) is 2.19. The average molecular weight is 279 g/mol. The number of ether oxygens (including phenoxy) is 3. The topological polar surface area (TPSA) is 30.9 Å². The Kier molecular flexibility index (Phi) is 6.15. The molecule has 1 heterocycles. The number of hydrogen-bond donors (Lipinski definition) is 0. The predicted molar refractivity (Wildman–Crippen MR) is 79.6 cm³/mol. The van der Waals surface area contributed by atoms with Crippen molar-refractivity contribution >= 4 is 0 Å². The van der Waals surface area contributed by atoms with Gasteiger partial charge in [-0.1, -0.05) is 0 Å². The fraction of sp³-hybridized carbons (Fsp3) is 0.625. The first-order valence-electron chi connectivity index (χ1n) is 7.43. The van der Waals surface area contributed by atoms with Gasteiger partial charge < -0.3 is 14.2 Å². The van der Waals surface area contributed by atoms with E-state index in [1.54, 1.807) is 0 Å². The van der Waals surface area contributed by atoms with Gasteiger partial charge in [-0.3, -0.25) is 4.90 Å². The standard InChI is InChI=1S/C16H25NO3/c1-14(2)20-16-6-4-15(5-7-16)19-11-3-8-17-9-12-18-13-10-17/h4-7,14H,3,8-13H2,1-2H3. The SMILES string of the molecule is CC(C)Oc1ccc(OCCCN2CCOCC2)cc1. The lowest BCUT2D eigenvalue weighted by Crippen LogP contribution is -2.37. The number of nitrogens with zero attached hydrogens (tertiary/aromatic N) is 1. The summed E-state index contributed by atoms with van der Waals surface area (Å²) in [5.41, 5.74) is 0. The Bertz CT molecular complexity index is 372. The van der Waals surface area contributed by atoms with Gasteiger partial charge in [0.2, 0.25) is 0 Å². The van der Waals surface area contributed by atoms with Crippen LogP contribution in [-0.2, 0) is 4.74 Å². The lowest BCUT2D eigenvalue weighted by Gasteiger charge is -2.26. The van der Waals surface area contributed by atoms with E-state index >= 15 is 0 Å². The van der Waals surface area contributed by atoms with Crippen molar-refractivity contribution in [2.75, 3.05) is 39.5 Å². The lowest BCUT2D eigenvalue weighted by atomic mass is 10.3. The summed E-state index contributed by atoms with van der Waals surface area (Å²) >= 11 is 0. The van der Waals surface area contributed by atoms with E-state index in [1.165, 1.54) is 0 Å². The Balaban J connectivity index is 1.63. The molecule has 0 atom stereocenters. The van der Waals surface area contributed by atoms with Crippen molar-refractivity contribution in [1.82, 2.24) is 4.90 Å². The fourth-order valence-electron chi connectivity index (χ4n) is 2.19. The van der Waals surface area contributed by atoms with Gasteiger partial charge in [0.15, 0.2) is 0 Å². The Morgan fingerprint density at radius 1 is 1.10 bits per heavy atom. The highest BCUT2D eigenvalue weighted by atomic mass is 16.5. The quantitative estimate of drug-likeness (QED) is 0.718. The molecule has 20 heavy (non-hydrogen) atoms. The number of hydrogen-bond acceptors (Lipinski definition) is 4. The van der Waals surface area contributed by atoms with Crippen LogP contribution in [0, 0.1) is 0 Å². The summed E-state index contributed by atoms with van der Waals surface area (Å²) < 4.78 is 16.7. The summed E-state index contributed by atoms with van der Waals surface area (Å²) in [6, 6.07) is 7.84. The van der Waals surface area contributed by atoms with Crippen LogP contribution in [0.1, 0.15) is 20.3 Å². The molecule has 112 valence electrons. The molecule has 0 saturated carbocycles. The van der Waals surface area contributed by atoms with Crippen molar-refractivity contribution < 1.29 is 14.2 Å². The van der Waals surface area contributed by atoms with Crippen LogP contribution >= 0.6 is 0 Å². The minimum absolute atomic E-state index is 0.204. The maximum atomic E-state index is 5.74. The van der Waals surface area contributed by atoms with Crippen molar-refractivity contribution in [2.24, 2.45) is 0 Å². The van der Waals surface area contributed by atoms with Crippen molar-refractivity contribution in [3.63, 3.8) is 0 Å². The third kappa shape index (κ3) is 5.39. The molecule has 1 fully saturated rings. The van der Waals surface area contributed by atoms with Crippen molar-refractivity contribution in [2.45, 2.75) is 26.4 Å². The molecule has 0 radical (unpaired) electrons. The lowest BCUT2D eigenvalue weighted by molar-refractivity contribution is 0.0358. The second kappa shape index (κ2) is 8.12. The molecule has 0 N–H and O–H groups in total. The Labute approximate surface area is 121 Å². The second-order valence-corrected chi connectivity index (χ2v) is 5.29. The third-order valence-electron chi connectivity index (χ3n) is 3.19. The number of morpholine rings is 1. The highest BCUT2D eigenvalue weighted by Gasteiger charge is 2.09. The highest BCUT2D eigenvalue weighted by Crippen LogP contribution is 2.18. The highest BCUT2D eigenvalue weighted by molar-refractivity contribution is 5.31. The van der Waals surface area contributed by atoms with Crippen LogP contribution in [0.2, 0.25) is 0 Å². The maximum Gasteiger partial charge on any atom is 0.119 e. The van der Waals surface area contributed by atoms with E-state index in [-0.39, 0.29) is 6.10 Å². The zero-order chi connectivity index (χ0) is 14.2. The monoisotopic (exact) mass is 279 g/mol. The van der Waals surface area contributed by atoms with Gasteiger partial charge in [-0.25, -0.2) is 0 Å². The van der Waals surface area contributed by atoms with Crippen LogP contribution < -0.4 is 9.47 Å². The zero-order valence-electron chi connectivity index (χ0n) is 12.5. The van der Waals surface area contributed by atoms with Crippen LogP contribution in [0.4, 0.5) is 0 Å². The van der Waals surface area contributed by atoms with Gasteiger partial charge in [0.1, 0.15) is 11.5 Å². The van der Waals surface area contributed by atoms with Gasteiger partial charge in [0.25, 0.3) is 0 Å². The van der Waals surface area contributed by atoms with E-state index in [2.05, 4.69) is 4.90 Å². The summed E-state index contributed by atoms with van der Waals surface area (Å²) in [5, 5.41) is 0. The summed E-state index contributed by atoms with van der Waals surface area (Å²) in [5.74, 6) is 1.80. The molecule has 1 aromatic rings. The molecule has 0 spiro atoms. The number of benzene rings is 1. The molecule has 1 aromatic carbocycles. The first kappa shape index (κ1) is 15.1. The molecule has 0 unspecified atom stereocenters. The molecular weight excluding hydrogens is 254 g/mol. The maximum absolute atomic E-state index is 5.74. The second-order valence-electron chi connectivity index (χ2n) is 5.29. The van der Waals surface area contributed by atoms with E-state index in [1.807, 2.05) is 38.1 Å². The zero-order valence-corrected chi connectivity index (χ0v) is 12.5. The van der Waals surface area contributed by atoms with Gasteiger partial charge >= 0.3 is 0 Å². The van der Waals surface area contributed by atoms with E-state index in [0.29, 0.717) is 0 Å². The molecule has 4 heteroatoms. The number of rotatable bonds is 7. The van der Waals surface area contributed by atoms with E-state index in [0.717, 1.165) is 57.4 Å². The minimum atomic E-state index is 0.204. The van der Waals surface area contributed by atoms with Crippen molar-refractivity contribution in [3.05, 3.63) is 24.3 Å². The molecule has 0 aromatic heterocycles. The van der Waals surface area contributed by atoms with E-state index in [9.17, 15) is 0 Å². The predicted octanol–water partition coefficient (Wildman–Crippen LogP) is 2.57. The van der Waals surface area contributed by atoms with Gasteiger partial charge in [-0.05, 0) is 44.5 Å². The normalized spacial score (nSPS) is 16.4. The molecule has 4 nitrogen and oxygen atoms in total. The molecule has 1 aliphatic rings. The Morgan fingerprint density at radius 2 is 1.75 bits per heavy atom. The molecule has 0 aliphatic carbocycles. The summed E-state index contributed by atoms with van der Waals surface area (Å²) in [6.07, 6.45) is 1.25. The van der Waals surface area contributed by atoms with Gasteiger partial charge in [0.05, 0.1) is 25.9 Å². The van der Waals surface area contributed by atoms with Gasteiger partial charge in [0, 0.05) is 19.6 Å². The Hall–Kier alpha value is -1.26. The van der Waals surface area contributed by atoms with Gasteiger partial charge in [-0.2, -0.15) is 0 Å². The smallest absolute Gasteiger partial charge is 0.119 e. The molecule has 1 saturated heterocycles. The first-order chi connectivity index (χ1) is 9.74. The van der Waals surface area contributed by atoms with E-state index in [4.69, 9.17) is 14.2 Å². The largest absolute Gasteiger partial charge is 0.494 e. The molecule has 0 amide bonds. The third-order valence-corrected chi connectivity index (χ3v) is 3.19. The van der Waals surface area contributed by atoms with Gasteiger partial charge in [-0.15, -0.1) is 0 Å². The first-order valence-corrected chi connectivity index (χ1v) is 7.43. The van der Waals surface area contributed by atoms with Crippen molar-refractivity contribution in [3.8, 4) is 11.5 Å². The van der Waals surface area contributed by atoms with Crippen LogP contribution in [-0.4, -0.2) is 50.5 Å². The molecule has 2 rings (SSSR count). The minimum Gasteiger partial charge on any atom is -0.494 e. The summed E-state index contributed by atoms with van der Waals surface area (Å²) in [6.45, 7) is 9.69. The summed E-state index contributed by atoms with van der Waals surface area (Å²) in [7, 11) is 0.